The van der Waals surface area contributed by atoms with Gasteiger partial charge >= 0.3 is 0 Å². The van der Waals surface area contributed by atoms with Gasteiger partial charge in [-0.2, -0.15) is 10.2 Å². The summed E-state index contributed by atoms with van der Waals surface area (Å²) in [6.45, 7) is 2.82. The molecule has 1 aromatic carbocycles. The molecule has 1 fully saturated rings. The van der Waals surface area contributed by atoms with Crippen LogP contribution in [0.3, 0.4) is 0 Å². The minimum atomic E-state index is -0.515. The summed E-state index contributed by atoms with van der Waals surface area (Å²) in [5.41, 5.74) is 0.556. The first kappa shape index (κ1) is 16.1. The van der Waals surface area contributed by atoms with Crippen molar-refractivity contribution in [3.63, 3.8) is 0 Å². The third kappa shape index (κ3) is 3.60. The van der Waals surface area contributed by atoms with Crippen molar-refractivity contribution in [2.75, 3.05) is 31.1 Å². The summed E-state index contributed by atoms with van der Waals surface area (Å²) in [5, 5.41) is 11.9. The lowest BCUT2D eigenvalue weighted by molar-refractivity contribution is 0.287. The molecule has 7 heteroatoms. The Hall–Kier alpha value is -2.72. The van der Waals surface area contributed by atoms with Gasteiger partial charge in [0.15, 0.2) is 11.6 Å². The van der Waals surface area contributed by atoms with E-state index in [1.54, 1.807) is 0 Å². The second-order valence-electron chi connectivity index (χ2n) is 5.40. The van der Waals surface area contributed by atoms with Gasteiger partial charge < -0.3 is 15.0 Å². The first-order valence-corrected chi connectivity index (χ1v) is 7.61. The molecule has 2 aromatic rings. The van der Waals surface area contributed by atoms with Crippen LogP contribution in [0, 0.1) is 23.0 Å². The second kappa shape index (κ2) is 7.23. The molecule has 0 amide bonds. The van der Waals surface area contributed by atoms with Crippen molar-refractivity contribution < 1.29 is 13.5 Å². The number of ether oxygens (including phenoxy) is 1. The summed E-state index contributed by atoms with van der Waals surface area (Å²) < 4.78 is 33.3. The number of rotatable bonds is 4. The van der Waals surface area contributed by atoms with E-state index in [9.17, 15) is 8.78 Å². The molecule has 1 N–H and O–H groups in total. The minimum absolute atomic E-state index is 0.0445. The summed E-state index contributed by atoms with van der Waals surface area (Å²) in [6.07, 6.45) is 0. The quantitative estimate of drug-likeness (QED) is 0.931. The average molecular weight is 330 g/mol. The van der Waals surface area contributed by atoms with Gasteiger partial charge in [0, 0.05) is 37.8 Å². The van der Waals surface area contributed by atoms with E-state index in [-0.39, 0.29) is 23.9 Å². The van der Waals surface area contributed by atoms with Crippen molar-refractivity contribution in [1.82, 2.24) is 10.3 Å². The van der Waals surface area contributed by atoms with Crippen LogP contribution in [0.2, 0.25) is 0 Å². The van der Waals surface area contributed by atoms with E-state index in [1.807, 2.05) is 11.0 Å². The Balaban J connectivity index is 1.72. The largest absolute Gasteiger partial charge is 0.473 e. The van der Waals surface area contributed by atoms with Gasteiger partial charge in [-0.1, -0.05) is 6.07 Å². The van der Waals surface area contributed by atoms with Crippen LogP contribution in [0.1, 0.15) is 11.1 Å². The summed E-state index contributed by atoms with van der Waals surface area (Å²) in [4.78, 5) is 6.05. The van der Waals surface area contributed by atoms with Gasteiger partial charge in [0.2, 0.25) is 5.88 Å². The highest BCUT2D eigenvalue weighted by atomic mass is 19.1. The highest BCUT2D eigenvalue weighted by molar-refractivity contribution is 5.43. The molecule has 1 aliphatic heterocycles. The molecule has 0 bridgehead atoms. The Morgan fingerprint density at radius 2 is 1.96 bits per heavy atom. The van der Waals surface area contributed by atoms with Crippen LogP contribution in [0.25, 0.3) is 0 Å². The molecule has 0 radical (unpaired) electrons. The van der Waals surface area contributed by atoms with Gasteiger partial charge in [-0.05, 0) is 18.2 Å². The van der Waals surface area contributed by atoms with E-state index in [0.29, 0.717) is 18.7 Å². The third-order valence-corrected chi connectivity index (χ3v) is 3.78. The van der Waals surface area contributed by atoms with Crippen LogP contribution in [0.15, 0.2) is 30.3 Å². The van der Waals surface area contributed by atoms with Crippen LogP contribution in [-0.4, -0.2) is 31.2 Å². The van der Waals surface area contributed by atoms with Crippen molar-refractivity contribution in [2.45, 2.75) is 6.61 Å². The number of hydrogen-bond acceptors (Lipinski definition) is 5. The van der Waals surface area contributed by atoms with E-state index in [4.69, 9.17) is 10.00 Å². The molecule has 5 nitrogen and oxygen atoms in total. The Labute approximate surface area is 138 Å². The number of nitrogens with one attached hydrogen (secondary N) is 1. The number of benzene rings is 1. The second-order valence-corrected chi connectivity index (χ2v) is 5.40. The number of aromatic nitrogens is 1. The standard InChI is InChI=1S/C17H16F2N4O/c18-14-3-4-16(22-17(14)23-7-5-21-6-8-23)24-11-13-2-1-12(10-20)9-15(13)19/h1-4,9,21H,5-8,11H2. The van der Waals surface area contributed by atoms with E-state index >= 15 is 0 Å². The molecular formula is C17H16F2N4O. The molecule has 0 aliphatic carbocycles. The minimum Gasteiger partial charge on any atom is -0.473 e. The lowest BCUT2D eigenvalue weighted by Crippen LogP contribution is -2.44. The number of hydrogen-bond donors (Lipinski definition) is 1. The molecule has 2 heterocycles. The van der Waals surface area contributed by atoms with Crippen LogP contribution in [-0.2, 0) is 6.61 Å². The predicted molar refractivity (Wildman–Crippen MR) is 84.7 cm³/mol. The Morgan fingerprint density at radius 3 is 2.67 bits per heavy atom. The molecule has 0 unspecified atom stereocenters. The van der Waals surface area contributed by atoms with Crippen molar-refractivity contribution in [3.05, 3.63) is 53.1 Å². The summed E-state index contributed by atoms with van der Waals surface area (Å²) in [7, 11) is 0. The zero-order valence-electron chi connectivity index (χ0n) is 12.9. The monoisotopic (exact) mass is 330 g/mol. The molecule has 1 aliphatic rings. The maximum absolute atomic E-state index is 14.0. The summed E-state index contributed by atoms with van der Waals surface area (Å²) in [5.74, 6) is -0.449. The average Bonchev–Trinajstić information content (AvgIpc) is 2.62. The SMILES string of the molecule is N#Cc1ccc(COc2ccc(F)c(N3CCNCC3)n2)c(F)c1. The molecule has 0 atom stereocenters. The van der Waals surface area contributed by atoms with Crippen molar-refractivity contribution in [2.24, 2.45) is 0 Å². The lowest BCUT2D eigenvalue weighted by atomic mass is 10.1. The van der Waals surface area contributed by atoms with Crippen molar-refractivity contribution in [1.29, 1.82) is 5.26 Å². The van der Waals surface area contributed by atoms with Gasteiger partial charge in [-0.15, -0.1) is 0 Å². The maximum atomic E-state index is 14.0. The third-order valence-electron chi connectivity index (χ3n) is 3.78. The molecule has 1 saturated heterocycles. The van der Waals surface area contributed by atoms with E-state index in [1.165, 1.54) is 24.3 Å². The molecular weight excluding hydrogens is 314 g/mol. The van der Waals surface area contributed by atoms with Crippen LogP contribution in [0.5, 0.6) is 5.88 Å². The van der Waals surface area contributed by atoms with Gasteiger partial charge in [0.05, 0.1) is 11.6 Å². The Kier molecular flexibility index (Phi) is 4.87. The smallest absolute Gasteiger partial charge is 0.215 e. The van der Waals surface area contributed by atoms with Crippen LogP contribution < -0.4 is 15.0 Å². The zero-order valence-corrected chi connectivity index (χ0v) is 12.9. The Bertz CT molecular complexity index is 770. The Morgan fingerprint density at radius 1 is 1.17 bits per heavy atom. The fourth-order valence-electron chi connectivity index (χ4n) is 2.48. The highest BCUT2D eigenvalue weighted by Crippen LogP contribution is 2.22. The summed E-state index contributed by atoms with van der Waals surface area (Å²) in [6, 6.07) is 8.76. The number of nitriles is 1. The molecule has 24 heavy (non-hydrogen) atoms. The molecule has 0 saturated carbocycles. The van der Waals surface area contributed by atoms with E-state index in [2.05, 4.69) is 10.3 Å². The normalized spacial score (nSPS) is 14.3. The fraction of sp³-hybridized carbons (Fsp3) is 0.294. The number of pyridine rings is 1. The summed E-state index contributed by atoms with van der Waals surface area (Å²) >= 11 is 0. The topological polar surface area (TPSA) is 61.2 Å². The van der Waals surface area contributed by atoms with E-state index < -0.39 is 11.6 Å². The fourth-order valence-corrected chi connectivity index (χ4v) is 2.48. The molecule has 0 spiro atoms. The highest BCUT2D eigenvalue weighted by Gasteiger charge is 2.17. The number of nitrogens with zero attached hydrogens (tertiary/aromatic N) is 3. The predicted octanol–water partition coefficient (Wildman–Crippen LogP) is 2.22. The first-order chi connectivity index (χ1) is 11.7. The first-order valence-electron chi connectivity index (χ1n) is 7.61. The van der Waals surface area contributed by atoms with Gasteiger partial charge in [0.1, 0.15) is 12.4 Å². The van der Waals surface area contributed by atoms with Crippen molar-refractivity contribution >= 4 is 5.82 Å². The van der Waals surface area contributed by atoms with Crippen LogP contribution >= 0.6 is 0 Å². The number of halogens is 2. The van der Waals surface area contributed by atoms with Gasteiger partial charge in [0.25, 0.3) is 0 Å². The van der Waals surface area contributed by atoms with E-state index in [0.717, 1.165) is 19.2 Å². The molecule has 3 rings (SSSR count). The molecule has 124 valence electrons. The van der Waals surface area contributed by atoms with Crippen LogP contribution in [0.4, 0.5) is 14.6 Å². The lowest BCUT2D eigenvalue weighted by Gasteiger charge is -2.28. The number of anilines is 1. The van der Waals surface area contributed by atoms with Gasteiger partial charge in [-0.25, -0.2) is 8.78 Å². The van der Waals surface area contributed by atoms with Gasteiger partial charge in [-0.3, -0.25) is 0 Å². The number of piperazine rings is 1. The zero-order chi connectivity index (χ0) is 16.9. The maximum Gasteiger partial charge on any atom is 0.215 e. The molecule has 1 aromatic heterocycles. The van der Waals surface area contributed by atoms with Crippen molar-refractivity contribution in [3.8, 4) is 11.9 Å².